The first-order chi connectivity index (χ1) is 6.33. The van der Waals surface area contributed by atoms with E-state index in [9.17, 15) is 4.79 Å². The number of rotatable bonds is 0. The first-order valence-corrected chi connectivity index (χ1v) is 5.19. The van der Waals surface area contributed by atoms with E-state index in [4.69, 9.17) is 4.74 Å². The third kappa shape index (κ3) is 1.52. The molecule has 2 saturated heterocycles. The summed E-state index contributed by atoms with van der Waals surface area (Å²) >= 11 is 0. The van der Waals surface area contributed by atoms with Gasteiger partial charge in [-0.05, 0) is 38.5 Å². The lowest BCUT2D eigenvalue weighted by Gasteiger charge is -2.44. The monoisotopic (exact) mass is 183 g/mol. The maximum atomic E-state index is 11.5. The van der Waals surface area contributed by atoms with Gasteiger partial charge >= 0.3 is 6.09 Å². The van der Waals surface area contributed by atoms with E-state index in [0.717, 1.165) is 0 Å². The van der Waals surface area contributed by atoms with E-state index in [1.54, 1.807) is 0 Å². The van der Waals surface area contributed by atoms with Gasteiger partial charge in [0.1, 0.15) is 0 Å². The van der Waals surface area contributed by atoms with Crippen molar-refractivity contribution >= 4 is 6.09 Å². The zero-order chi connectivity index (χ0) is 9.26. The summed E-state index contributed by atoms with van der Waals surface area (Å²) in [6, 6.07) is 0.944. The highest BCUT2D eigenvalue weighted by Gasteiger charge is 2.37. The fourth-order valence-electron chi connectivity index (χ4n) is 2.72. The van der Waals surface area contributed by atoms with Crippen molar-refractivity contribution in [2.24, 2.45) is 0 Å². The van der Waals surface area contributed by atoms with Crippen LogP contribution in [0.1, 0.15) is 38.5 Å². The lowest BCUT2D eigenvalue weighted by molar-refractivity contribution is 0.0328. The molecule has 2 heterocycles. The lowest BCUT2D eigenvalue weighted by Crippen LogP contribution is -2.52. The summed E-state index contributed by atoms with van der Waals surface area (Å²) in [5.74, 6) is 0. The molecule has 0 radical (unpaired) electrons. The second-order valence-corrected chi connectivity index (χ2v) is 4.05. The van der Waals surface area contributed by atoms with Crippen LogP contribution in [0.15, 0.2) is 0 Å². The SMILES string of the molecule is COC(=O)N1C2CCCC1CCC2. The molecule has 74 valence electrons. The zero-order valence-corrected chi connectivity index (χ0v) is 8.16. The zero-order valence-electron chi connectivity index (χ0n) is 8.16. The van der Waals surface area contributed by atoms with Gasteiger partial charge in [-0.15, -0.1) is 0 Å². The third-order valence-corrected chi connectivity index (χ3v) is 3.32. The number of hydrogen-bond donors (Lipinski definition) is 0. The maximum absolute atomic E-state index is 11.5. The number of methoxy groups -OCH3 is 1. The van der Waals surface area contributed by atoms with Crippen LogP contribution in [0.4, 0.5) is 4.79 Å². The van der Waals surface area contributed by atoms with Gasteiger partial charge in [0.15, 0.2) is 0 Å². The summed E-state index contributed by atoms with van der Waals surface area (Å²) in [6.07, 6.45) is 7.13. The average Bonchev–Trinajstić information content (AvgIpc) is 2.15. The van der Waals surface area contributed by atoms with Gasteiger partial charge in [-0.1, -0.05) is 0 Å². The molecule has 0 N–H and O–H groups in total. The van der Waals surface area contributed by atoms with Crippen LogP contribution in [0, 0.1) is 0 Å². The highest BCUT2D eigenvalue weighted by Crippen LogP contribution is 2.33. The van der Waals surface area contributed by atoms with Gasteiger partial charge in [0.25, 0.3) is 0 Å². The van der Waals surface area contributed by atoms with E-state index >= 15 is 0 Å². The Morgan fingerprint density at radius 2 is 1.62 bits per heavy atom. The van der Waals surface area contributed by atoms with Crippen LogP contribution < -0.4 is 0 Å². The highest BCUT2D eigenvalue weighted by molar-refractivity contribution is 5.68. The Hall–Kier alpha value is -0.730. The van der Waals surface area contributed by atoms with E-state index in [2.05, 4.69) is 0 Å². The molecule has 2 aliphatic rings. The van der Waals surface area contributed by atoms with Gasteiger partial charge in [0.2, 0.25) is 0 Å². The molecule has 2 bridgehead atoms. The molecular formula is C10H17NO2. The summed E-state index contributed by atoms with van der Waals surface area (Å²) in [5, 5.41) is 0. The molecule has 0 unspecified atom stereocenters. The standard InChI is InChI=1S/C10H17NO2/c1-13-10(12)11-8-4-2-5-9(11)7-3-6-8/h8-9H,2-7H2,1H3. The van der Waals surface area contributed by atoms with Crippen molar-refractivity contribution in [2.75, 3.05) is 7.11 Å². The van der Waals surface area contributed by atoms with Gasteiger partial charge < -0.3 is 9.64 Å². The van der Waals surface area contributed by atoms with Crippen molar-refractivity contribution in [3.8, 4) is 0 Å². The highest BCUT2D eigenvalue weighted by atomic mass is 16.5. The Balaban J connectivity index is 2.10. The molecule has 2 aliphatic heterocycles. The van der Waals surface area contributed by atoms with Crippen molar-refractivity contribution in [3.05, 3.63) is 0 Å². The molecule has 0 saturated carbocycles. The van der Waals surface area contributed by atoms with Gasteiger partial charge in [-0.2, -0.15) is 0 Å². The Morgan fingerprint density at radius 3 is 2.00 bits per heavy atom. The summed E-state index contributed by atoms with van der Waals surface area (Å²) in [4.78, 5) is 13.5. The molecule has 1 amide bonds. The number of hydrogen-bond acceptors (Lipinski definition) is 2. The third-order valence-electron chi connectivity index (χ3n) is 3.32. The van der Waals surface area contributed by atoms with Crippen molar-refractivity contribution in [1.82, 2.24) is 4.90 Å². The van der Waals surface area contributed by atoms with Crippen LogP contribution in [-0.2, 0) is 4.74 Å². The minimum Gasteiger partial charge on any atom is -0.453 e. The normalized spacial score (nSPS) is 32.8. The van der Waals surface area contributed by atoms with Crippen LogP contribution in [0.3, 0.4) is 0 Å². The molecule has 13 heavy (non-hydrogen) atoms. The van der Waals surface area contributed by atoms with Crippen LogP contribution in [-0.4, -0.2) is 30.2 Å². The fourth-order valence-corrected chi connectivity index (χ4v) is 2.72. The van der Waals surface area contributed by atoms with Crippen LogP contribution in [0.25, 0.3) is 0 Å². The molecule has 0 aromatic carbocycles. The number of carbonyl (C=O) groups excluding carboxylic acids is 1. The Bertz CT molecular complexity index is 183. The number of piperidine rings is 2. The average molecular weight is 183 g/mol. The predicted molar refractivity (Wildman–Crippen MR) is 49.5 cm³/mol. The molecule has 2 rings (SSSR count). The minimum atomic E-state index is -0.116. The van der Waals surface area contributed by atoms with Gasteiger partial charge in [0.05, 0.1) is 7.11 Å². The minimum absolute atomic E-state index is 0.116. The number of ether oxygens (including phenoxy) is 1. The molecule has 0 aliphatic carbocycles. The predicted octanol–water partition coefficient (Wildman–Crippen LogP) is 2.16. The Kier molecular flexibility index (Phi) is 2.42. The molecule has 0 aromatic rings. The van der Waals surface area contributed by atoms with E-state index in [0.29, 0.717) is 12.1 Å². The first kappa shape index (κ1) is 8.85. The molecule has 0 atom stereocenters. The molecule has 3 heteroatoms. The maximum Gasteiger partial charge on any atom is 0.409 e. The van der Waals surface area contributed by atoms with E-state index in [1.807, 2.05) is 4.90 Å². The van der Waals surface area contributed by atoms with Crippen molar-refractivity contribution in [1.29, 1.82) is 0 Å². The van der Waals surface area contributed by atoms with Crippen LogP contribution >= 0.6 is 0 Å². The van der Waals surface area contributed by atoms with Crippen LogP contribution in [0.2, 0.25) is 0 Å². The second kappa shape index (κ2) is 3.56. The summed E-state index contributed by atoms with van der Waals surface area (Å²) in [5.41, 5.74) is 0. The molecule has 2 fully saturated rings. The molecular weight excluding hydrogens is 166 g/mol. The van der Waals surface area contributed by atoms with Crippen molar-refractivity contribution in [3.63, 3.8) is 0 Å². The molecule has 0 aromatic heterocycles. The summed E-state index contributed by atoms with van der Waals surface area (Å²) in [6.45, 7) is 0. The Morgan fingerprint density at radius 1 is 1.15 bits per heavy atom. The summed E-state index contributed by atoms with van der Waals surface area (Å²) in [7, 11) is 1.48. The second-order valence-electron chi connectivity index (χ2n) is 4.05. The van der Waals surface area contributed by atoms with E-state index in [1.165, 1.54) is 45.6 Å². The number of fused-ring (bicyclic) bond motifs is 2. The largest absolute Gasteiger partial charge is 0.453 e. The lowest BCUT2D eigenvalue weighted by atomic mass is 9.85. The van der Waals surface area contributed by atoms with Crippen LogP contribution in [0.5, 0.6) is 0 Å². The quantitative estimate of drug-likeness (QED) is 0.576. The van der Waals surface area contributed by atoms with Crippen molar-refractivity contribution < 1.29 is 9.53 Å². The number of amides is 1. The van der Waals surface area contributed by atoms with Gasteiger partial charge in [0, 0.05) is 12.1 Å². The number of carbonyl (C=O) groups is 1. The topological polar surface area (TPSA) is 29.5 Å². The van der Waals surface area contributed by atoms with E-state index < -0.39 is 0 Å². The smallest absolute Gasteiger partial charge is 0.409 e. The van der Waals surface area contributed by atoms with Crippen molar-refractivity contribution in [2.45, 2.75) is 50.6 Å². The molecule has 3 nitrogen and oxygen atoms in total. The van der Waals surface area contributed by atoms with Gasteiger partial charge in [-0.3, -0.25) is 0 Å². The van der Waals surface area contributed by atoms with Gasteiger partial charge in [-0.25, -0.2) is 4.79 Å². The summed E-state index contributed by atoms with van der Waals surface area (Å²) < 4.78 is 4.81. The number of nitrogens with zero attached hydrogens (tertiary/aromatic N) is 1. The first-order valence-electron chi connectivity index (χ1n) is 5.19. The molecule has 0 spiro atoms. The van der Waals surface area contributed by atoms with E-state index in [-0.39, 0.29) is 6.09 Å². The fraction of sp³-hybridized carbons (Fsp3) is 0.900. The Labute approximate surface area is 79.0 Å².